The standard InChI is InChI=1S/C9H5F6NO2/c1-18-8(17)6-5(10)4(9(13,14)15)3(2-16-6)7(11)12/h2,7H,1H3. The molecule has 0 aliphatic rings. The zero-order valence-electron chi connectivity index (χ0n) is 8.69. The summed E-state index contributed by atoms with van der Waals surface area (Å²) in [7, 11) is 0.789. The van der Waals surface area contributed by atoms with Crippen molar-refractivity contribution >= 4 is 5.97 Å². The van der Waals surface area contributed by atoms with Gasteiger partial charge in [-0.2, -0.15) is 13.2 Å². The van der Waals surface area contributed by atoms with Crippen molar-refractivity contribution in [1.82, 2.24) is 4.98 Å². The minimum Gasteiger partial charge on any atom is -0.464 e. The third kappa shape index (κ3) is 2.54. The van der Waals surface area contributed by atoms with Crippen LogP contribution in [0.1, 0.15) is 28.0 Å². The number of pyridine rings is 1. The number of carbonyl (C=O) groups excluding carboxylic acids is 1. The molecule has 18 heavy (non-hydrogen) atoms. The lowest BCUT2D eigenvalue weighted by atomic mass is 10.1. The minimum absolute atomic E-state index is 0.100. The Morgan fingerprint density at radius 1 is 1.39 bits per heavy atom. The fourth-order valence-electron chi connectivity index (χ4n) is 1.19. The Bertz CT molecular complexity index is 471. The number of aromatic nitrogens is 1. The van der Waals surface area contributed by atoms with Crippen molar-refractivity contribution in [2.24, 2.45) is 0 Å². The van der Waals surface area contributed by atoms with Gasteiger partial charge >= 0.3 is 12.1 Å². The third-order valence-electron chi connectivity index (χ3n) is 1.95. The summed E-state index contributed by atoms with van der Waals surface area (Å²) < 4.78 is 79.4. The quantitative estimate of drug-likeness (QED) is 0.614. The van der Waals surface area contributed by atoms with Gasteiger partial charge in [0.15, 0.2) is 11.5 Å². The second-order valence-electron chi connectivity index (χ2n) is 3.04. The average molecular weight is 273 g/mol. The van der Waals surface area contributed by atoms with Crippen molar-refractivity contribution in [2.75, 3.05) is 7.11 Å². The number of halogens is 6. The highest BCUT2D eigenvalue weighted by atomic mass is 19.4. The summed E-state index contributed by atoms with van der Waals surface area (Å²) in [5.74, 6) is -3.66. The predicted molar refractivity (Wildman–Crippen MR) is 45.5 cm³/mol. The van der Waals surface area contributed by atoms with Crippen LogP contribution in [0.3, 0.4) is 0 Å². The molecule has 0 aliphatic heterocycles. The molecule has 0 bridgehead atoms. The number of esters is 1. The van der Waals surface area contributed by atoms with E-state index in [-0.39, 0.29) is 6.20 Å². The lowest BCUT2D eigenvalue weighted by Crippen LogP contribution is -2.18. The van der Waals surface area contributed by atoms with Crippen molar-refractivity contribution in [2.45, 2.75) is 12.6 Å². The van der Waals surface area contributed by atoms with E-state index in [2.05, 4.69) is 9.72 Å². The van der Waals surface area contributed by atoms with Gasteiger partial charge in [-0.25, -0.2) is 22.9 Å². The van der Waals surface area contributed by atoms with Crippen LogP contribution in [0.5, 0.6) is 0 Å². The Morgan fingerprint density at radius 3 is 2.33 bits per heavy atom. The van der Waals surface area contributed by atoms with E-state index in [1.165, 1.54) is 0 Å². The van der Waals surface area contributed by atoms with Gasteiger partial charge in [0.25, 0.3) is 6.43 Å². The first kappa shape index (κ1) is 14.3. The van der Waals surface area contributed by atoms with Crippen molar-refractivity contribution in [3.8, 4) is 0 Å². The number of hydrogen-bond donors (Lipinski definition) is 0. The van der Waals surface area contributed by atoms with Crippen LogP contribution in [0.2, 0.25) is 0 Å². The molecule has 1 heterocycles. The first-order valence-corrected chi connectivity index (χ1v) is 4.32. The van der Waals surface area contributed by atoms with Gasteiger partial charge in [0.2, 0.25) is 0 Å². The van der Waals surface area contributed by atoms with Gasteiger partial charge in [0.1, 0.15) is 5.56 Å². The lowest BCUT2D eigenvalue weighted by Gasteiger charge is -2.14. The summed E-state index contributed by atoms with van der Waals surface area (Å²) in [5.41, 5.74) is -5.14. The molecule has 0 amide bonds. The molecule has 0 fully saturated rings. The van der Waals surface area contributed by atoms with Crippen LogP contribution in [0.25, 0.3) is 0 Å². The maximum absolute atomic E-state index is 13.4. The summed E-state index contributed by atoms with van der Waals surface area (Å²) >= 11 is 0. The Labute approximate surface area is 96.4 Å². The van der Waals surface area contributed by atoms with Crippen LogP contribution < -0.4 is 0 Å². The zero-order chi connectivity index (χ0) is 14.1. The van der Waals surface area contributed by atoms with E-state index in [1.807, 2.05) is 0 Å². The van der Waals surface area contributed by atoms with Crippen molar-refractivity contribution in [1.29, 1.82) is 0 Å². The van der Waals surface area contributed by atoms with Crippen LogP contribution in [0.4, 0.5) is 26.3 Å². The summed E-state index contributed by atoms with van der Waals surface area (Å²) in [6.07, 6.45) is -8.85. The van der Waals surface area contributed by atoms with E-state index in [0.717, 1.165) is 7.11 Å². The predicted octanol–water partition coefficient (Wildman–Crippen LogP) is 2.96. The van der Waals surface area contributed by atoms with E-state index >= 15 is 0 Å². The van der Waals surface area contributed by atoms with Crippen LogP contribution >= 0.6 is 0 Å². The fourth-order valence-corrected chi connectivity index (χ4v) is 1.19. The number of ether oxygens (including phenoxy) is 1. The smallest absolute Gasteiger partial charge is 0.419 e. The highest BCUT2D eigenvalue weighted by Crippen LogP contribution is 2.38. The number of alkyl halides is 5. The molecule has 0 unspecified atom stereocenters. The number of rotatable bonds is 2. The topological polar surface area (TPSA) is 39.2 Å². The molecule has 0 aromatic carbocycles. The van der Waals surface area contributed by atoms with Crippen molar-refractivity contribution in [3.05, 3.63) is 28.8 Å². The summed E-state index contributed by atoms with van der Waals surface area (Å²) in [6.45, 7) is 0. The molecular formula is C9H5F6NO2. The Hall–Kier alpha value is -1.80. The second-order valence-corrected chi connectivity index (χ2v) is 3.04. The van der Waals surface area contributed by atoms with Crippen molar-refractivity contribution < 1.29 is 35.9 Å². The average Bonchev–Trinajstić information content (AvgIpc) is 2.25. The van der Waals surface area contributed by atoms with Gasteiger partial charge in [-0.3, -0.25) is 0 Å². The molecule has 1 aromatic rings. The molecule has 0 saturated carbocycles. The van der Waals surface area contributed by atoms with E-state index < -0.39 is 41.2 Å². The van der Waals surface area contributed by atoms with E-state index in [1.54, 1.807) is 0 Å². The van der Waals surface area contributed by atoms with Gasteiger partial charge in [0.05, 0.1) is 12.7 Å². The minimum atomic E-state index is -5.37. The molecule has 0 aliphatic carbocycles. The van der Waals surface area contributed by atoms with E-state index in [4.69, 9.17) is 0 Å². The molecule has 0 radical (unpaired) electrons. The van der Waals surface area contributed by atoms with E-state index in [9.17, 15) is 31.1 Å². The molecule has 9 heteroatoms. The maximum atomic E-state index is 13.4. The SMILES string of the molecule is COC(=O)c1ncc(C(F)F)c(C(F)(F)F)c1F. The number of methoxy groups -OCH3 is 1. The summed E-state index contributed by atoms with van der Waals surface area (Å²) in [6, 6.07) is 0. The monoisotopic (exact) mass is 273 g/mol. The molecule has 0 spiro atoms. The molecule has 0 atom stereocenters. The fraction of sp³-hybridized carbons (Fsp3) is 0.333. The highest BCUT2D eigenvalue weighted by molar-refractivity contribution is 5.87. The van der Waals surface area contributed by atoms with E-state index in [0.29, 0.717) is 0 Å². The largest absolute Gasteiger partial charge is 0.464 e. The molecule has 0 saturated heterocycles. The molecule has 1 aromatic heterocycles. The Kier molecular flexibility index (Phi) is 3.82. The first-order chi connectivity index (χ1) is 8.20. The number of nitrogens with zero attached hydrogens (tertiary/aromatic N) is 1. The van der Waals surface area contributed by atoms with Crippen LogP contribution in [0.15, 0.2) is 6.20 Å². The van der Waals surface area contributed by atoms with Crippen molar-refractivity contribution in [3.63, 3.8) is 0 Å². The highest BCUT2D eigenvalue weighted by Gasteiger charge is 2.41. The Morgan fingerprint density at radius 2 is 1.94 bits per heavy atom. The Balaban J connectivity index is 3.55. The van der Waals surface area contributed by atoms with Crippen LogP contribution in [-0.2, 0) is 10.9 Å². The summed E-state index contributed by atoms with van der Waals surface area (Å²) in [4.78, 5) is 13.8. The maximum Gasteiger partial charge on any atom is 0.419 e. The van der Waals surface area contributed by atoms with Gasteiger partial charge in [-0.05, 0) is 0 Å². The second kappa shape index (κ2) is 4.83. The number of hydrogen-bond acceptors (Lipinski definition) is 3. The van der Waals surface area contributed by atoms with Gasteiger partial charge in [0, 0.05) is 6.20 Å². The van der Waals surface area contributed by atoms with Crippen LogP contribution in [0, 0.1) is 5.82 Å². The molecule has 3 nitrogen and oxygen atoms in total. The zero-order valence-corrected chi connectivity index (χ0v) is 8.69. The normalized spacial score (nSPS) is 11.8. The lowest BCUT2D eigenvalue weighted by molar-refractivity contribution is -0.142. The van der Waals surface area contributed by atoms with Gasteiger partial charge in [-0.15, -0.1) is 0 Å². The van der Waals surface area contributed by atoms with Gasteiger partial charge < -0.3 is 4.74 Å². The van der Waals surface area contributed by atoms with Gasteiger partial charge in [-0.1, -0.05) is 0 Å². The third-order valence-corrected chi connectivity index (χ3v) is 1.95. The molecule has 0 N–H and O–H groups in total. The number of carbonyl (C=O) groups is 1. The first-order valence-electron chi connectivity index (χ1n) is 4.32. The molecule has 100 valence electrons. The van der Waals surface area contributed by atoms with Crippen LogP contribution in [-0.4, -0.2) is 18.1 Å². The summed E-state index contributed by atoms with van der Waals surface area (Å²) in [5, 5.41) is 0. The molecular weight excluding hydrogens is 268 g/mol. The molecule has 1 rings (SSSR count).